The molecule has 0 saturated carbocycles. The molecule has 28 heavy (non-hydrogen) atoms. The molecule has 1 aliphatic heterocycles. The average Bonchev–Trinajstić information content (AvgIpc) is 3.05. The molecule has 0 aliphatic carbocycles. The van der Waals surface area contributed by atoms with E-state index in [1.807, 2.05) is 32.0 Å². The van der Waals surface area contributed by atoms with E-state index in [2.05, 4.69) is 0 Å². The van der Waals surface area contributed by atoms with Crippen LogP contribution < -0.4 is 4.90 Å². The summed E-state index contributed by atoms with van der Waals surface area (Å²) in [6.45, 7) is 4.41. The standard InChI is InChI=1S/C21H23N3O4/c1-14-7-6-10-18(15(14)2)23-13-17(11-20(23)25)21(26)22(3)12-16-8-4-5-9-19(16)24(27)28/h4-10,17H,11-13H2,1-3H3. The Bertz CT molecular complexity index is 941. The number of benzene rings is 2. The number of para-hydroxylation sites is 1. The zero-order chi connectivity index (χ0) is 20.4. The fourth-order valence-electron chi connectivity index (χ4n) is 3.60. The Morgan fingerprint density at radius 2 is 1.93 bits per heavy atom. The summed E-state index contributed by atoms with van der Waals surface area (Å²) < 4.78 is 0. The van der Waals surface area contributed by atoms with Crippen molar-refractivity contribution >= 4 is 23.2 Å². The molecule has 2 aromatic rings. The molecule has 1 fully saturated rings. The summed E-state index contributed by atoms with van der Waals surface area (Å²) in [5, 5.41) is 11.2. The summed E-state index contributed by atoms with van der Waals surface area (Å²) in [6, 6.07) is 12.2. The maximum absolute atomic E-state index is 12.9. The summed E-state index contributed by atoms with van der Waals surface area (Å²) in [5.74, 6) is -0.717. The van der Waals surface area contributed by atoms with Crippen LogP contribution in [0, 0.1) is 29.9 Å². The van der Waals surface area contributed by atoms with Crippen LogP contribution in [0.4, 0.5) is 11.4 Å². The largest absolute Gasteiger partial charge is 0.341 e. The number of nitrogens with zero attached hydrogens (tertiary/aromatic N) is 3. The van der Waals surface area contributed by atoms with Crippen molar-refractivity contribution in [3.63, 3.8) is 0 Å². The van der Waals surface area contributed by atoms with E-state index in [9.17, 15) is 19.7 Å². The predicted octanol–water partition coefficient (Wildman–Crippen LogP) is 3.22. The lowest BCUT2D eigenvalue weighted by molar-refractivity contribution is -0.385. The number of nitro groups is 1. The lowest BCUT2D eigenvalue weighted by Gasteiger charge is -2.22. The van der Waals surface area contributed by atoms with Crippen molar-refractivity contribution in [1.82, 2.24) is 4.90 Å². The van der Waals surface area contributed by atoms with E-state index in [0.29, 0.717) is 12.1 Å². The first-order valence-corrected chi connectivity index (χ1v) is 9.13. The molecule has 0 spiro atoms. The molecule has 1 atom stereocenters. The van der Waals surface area contributed by atoms with Crippen molar-refractivity contribution in [3.05, 3.63) is 69.3 Å². The highest BCUT2D eigenvalue weighted by Gasteiger charge is 2.37. The molecule has 0 N–H and O–H groups in total. The smallest absolute Gasteiger partial charge is 0.274 e. The molecule has 1 saturated heterocycles. The van der Waals surface area contributed by atoms with Gasteiger partial charge in [0, 0.05) is 37.3 Å². The van der Waals surface area contributed by atoms with Gasteiger partial charge in [-0.25, -0.2) is 0 Å². The first-order valence-electron chi connectivity index (χ1n) is 9.13. The first kappa shape index (κ1) is 19.5. The Hall–Kier alpha value is -3.22. The van der Waals surface area contributed by atoms with Gasteiger partial charge < -0.3 is 9.80 Å². The molecule has 0 bridgehead atoms. The Labute approximate surface area is 163 Å². The van der Waals surface area contributed by atoms with Crippen molar-refractivity contribution in [3.8, 4) is 0 Å². The molecule has 0 aromatic heterocycles. The topological polar surface area (TPSA) is 83.8 Å². The number of carbonyl (C=O) groups is 2. The number of rotatable bonds is 5. The highest BCUT2D eigenvalue weighted by atomic mass is 16.6. The minimum Gasteiger partial charge on any atom is -0.341 e. The second-order valence-electron chi connectivity index (χ2n) is 7.20. The van der Waals surface area contributed by atoms with Gasteiger partial charge in [0.1, 0.15) is 0 Å². The molecule has 2 amide bonds. The van der Waals surface area contributed by atoms with Gasteiger partial charge in [0.15, 0.2) is 0 Å². The highest BCUT2D eigenvalue weighted by Crippen LogP contribution is 2.30. The Morgan fingerprint density at radius 1 is 1.21 bits per heavy atom. The van der Waals surface area contributed by atoms with Gasteiger partial charge in [-0.1, -0.05) is 30.3 Å². The SMILES string of the molecule is Cc1cccc(N2CC(C(=O)N(C)Cc3ccccc3[N+](=O)[O-])CC2=O)c1C. The fourth-order valence-corrected chi connectivity index (χ4v) is 3.60. The molecule has 2 aromatic carbocycles. The quantitative estimate of drug-likeness (QED) is 0.588. The summed E-state index contributed by atoms with van der Waals surface area (Å²) in [6.07, 6.45) is 0.146. The number of amides is 2. The second-order valence-corrected chi connectivity index (χ2v) is 7.20. The predicted molar refractivity (Wildman–Crippen MR) is 106 cm³/mol. The van der Waals surface area contributed by atoms with E-state index in [1.54, 1.807) is 30.1 Å². The average molecular weight is 381 g/mol. The summed E-state index contributed by atoms with van der Waals surface area (Å²) >= 11 is 0. The van der Waals surface area contributed by atoms with E-state index >= 15 is 0 Å². The van der Waals surface area contributed by atoms with Gasteiger partial charge in [-0.05, 0) is 31.0 Å². The van der Waals surface area contributed by atoms with Gasteiger partial charge in [-0.3, -0.25) is 19.7 Å². The van der Waals surface area contributed by atoms with Crippen molar-refractivity contribution < 1.29 is 14.5 Å². The zero-order valence-corrected chi connectivity index (χ0v) is 16.2. The van der Waals surface area contributed by atoms with E-state index in [-0.39, 0.29) is 30.5 Å². The molecule has 146 valence electrons. The van der Waals surface area contributed by atoms with Gasteiger partial charge >= 0.3 is 0 Å². The second kappa shape index (κ2) is 7.80. The number of aryl methyl sites for hydroxylation is 1. The van der Waals surface area contributed by atoms with Gasteiger partial charge in [-0.2, -0.15) is 0 Å². The third kappa shape index (κ3) is 3.74. The van der Waals surface area contributed by atoms with Crippen LogP contribution >= 0.6 is 0 Å². The van der Waals surface area contributed by atoms with Crippen molar-refractivity contribution in [2.24, 2.45) is 5.92 Å². The number of hydrogen-bond donors (Lipinski definition) is 0. The molecule has 7 heteroatoms. The highest BCUT2D eigenvalue weighted by molar-refractivity contribution is 6.00. The molecular weight excluding hydrogens is 358 g/mol. The van der Waals surface area contributed by atoms with Crippen LogP contribution in [-0.4, -0.2) is 35.2 Å². The zero-order valence-electron chi connectivity index (χ0n) is 16.2. The van der Waals surface area contributed by atoms with Crippen molar-refractivity contribution in [1.29, 1.82) is 0 Å². The van der Waals surface area contributed by atoms with Crippen LogP contribution in [0.15, 0.2) is 42.5 Å². The number of carbonyl (C=O) groups excluding carboxylic acids is 2. The maximum atomic E-state index is 12.9. The van der Waals surface area contributed by atoms with Crippen LogP contribution in [0.3, 0.4) is 0 Å². The summed E-state index contributed by atoms with van der Waals surface area (Å²) in [4.78, 5) is 39.3. The Kier molecular flexibility index (Phi) is 5.44. The fraction of sp³-hybridized carbons (Fsp3) is 0.333. The minimum absolute atomic E-state index is 0.0124. The Balaban J connectivity index is 1.74. The lowest BCUT2D eigenvalue weighted by atomic mass is 10.1. The number of nitro benzene ring substituents is 1. The molecule has 1 unspecified atom stereocenters. The molecule has 3 rings (SSSR count). The van der Waals surface area contributed by atoms with Crippen LogP contribution in [0.25, 0.3) is 0 Å². The van der Waals surface area contributed by atoms with Crippen molar-refractivity contribution in [2.45, 2.75) is 26.8 Å². The van der Waals surface area contributed by atoms with E-state index < -0.39 is 10.8 Å². The van der Waals surface area contributed by atoms with E-state index in [1.165, 1.54) is 11.0 Å². The Morgan fingerprint density at radius 3 is 2.64 bits per heavy atom. The van der Waals surface area contributed by atoms with E-state index in [0.717, 1.165) is 16.8 Å². The van der Waals surface area contributed by atoms with Gasteiger partial charge in [0.05, 0.1) is 17.4 Å². The van der Waals surface area contributed by atoms with Gasteiger partial charge in [-0.15, -0.1) is 0 Å². The third-order valence-corrected chi connectivity index (χ3v) is 5.31. The normalized spacial score (nSPS) is 16.3. The summed E-state index contributed by atoms with van der Waals surface area (Å²) in [5.41, 5.74) is 3.41. The third-order valence-electron chi connectivity index (χ3n) is 5.31. The molecular formula is C21H23N3O4. The van der Waals surface area contributed by atoms with Gasteiger partial charge in [0.2, 0.25) is 11.8 Å². The van der Waals surface area contributed by atoms with Crippen LogP contribution in [-0.2, 0) is 16.1 Å². The van der Waals surface area contributed by atoms with Gasteiger partial charge in [0.25, 0.3) is 5.69 Å². The van der Waals surface area contributed by atoms with Crippen molar-refractivity contribution in [2.75, 3.05) is 18.5 Å². The monoisotopic (exact) mass is 381 g/mol. The van der Waals surface area contributed by atoms with Crippen LogP contribution in [0.1, 0.15) is 23.1 Å². The molecule has 0 radical (unpaired) electrons. The summed E-state index contributed by atoms with van der Waals surface area (Å²) in [7, 11) is 1.62. The van der Waals surface area contributed by atoms with Crippen LogP contribution in [0.2, 0.25) is 0 Å². The number of hydrogen-bond acceptors (Lipinski definition) is 4. The maximum Gasteiger partial charge on any atom is 0.274 e. The minimum atomic E-state index is -0.458. The van der Waals surface area contributed by atoms with E-state index in [4.69, 9.17) is 0 Å². The molecule has 7 nitrogen and oxygen atoms in total. The molecule has 1 aliphatic rings. The number of anilines is 1. The molecule has 1 heterocycles. The lowest BCUT2D eigenvalue weighted by Crippen LogP contribution is -2.34. The first-order chi connectivity index (χ1) is 13.3. The van der Waals surface area contributed by atoms with Crippen LogP contribution in [0.5, 0.6) is 0 Å².